The lowest BCUT2D eigenvalue weighted by Gasteiger charge is -2.24. The van der Waals surface area contributed by atoms with Gasteiger partial charge in [-0.1, -0.05) is 33.8 Å². The number of benzene rings is 1. The topological polar surface area (TPSA) is 112 Å². The van der Waals surface area contributed by atoms with Crippen molar-refractivity contribution < 1.29 is 14.3 Å². The monoisotopic (exact) mass is 479 g/mol. The Kier molecular flexibility index (Phi) is 6.74. The number of hydrogen-bond donors (Lipinski definition) is 3. The van der Waals surface area contributed by atoms with Crippen LogP contribution in [0.2, 0.25) is 0 Å². The van der Waals surface area contributed by atoms with E-state index in [2.05, 4.69) is 24.5 Å². The van der Waals surface area contributed by atoms with Gasteiger partial charge in [0.1, 0.15) is 22.9 Å². The van der Waals surface area contributed by atoms with Crippen LogP contribution < -0.4 is 21.5 Å². The second kappa shape index (κ2) is 9.60. The van der Waals surface area contributed by atoms with Crippen LogP contribution in [0.4, 0.5) is 17.1 Å². The molecule has 0 unspecified atom stereocenters. The molecule has 8 heteroatoms. The van der Waals surface area contributed by atoms with E-state index in [1.165, 1.54) is 0 Å². The van der Waals surface area contributed by atoms with Gasteiger partial charge in [-0.05, 0) is 55.4 Å². The minimum absolute atomic E-state index is 0.0626. The quantitative estimate of drug-likeness (QED) is 0.314. The van der Waals surface area contributed by atoms with Gasteiger partial charge in [-0.3, -0.25) is 14.4 Å². The second-order valence-electron chi connectivity index (χ2n) is 9.92. The van der Waals surface area contributed by atoms with Gasteiger partial charge in [0.2, 0.25) is 0 Å². The molecule has 1 aromatic heterocycles. The summed E-state index contributed by atoms with van der Waals surface area (Å²) in [5, 5.41) is 16.9. The molecule has 4 rings (SSSR count). The van der Waals surface area contributed by atoms with Crippen molar-refractivity contribution in [3.05, 3.63) is 67.4 Å². The highest BCUT2D eigenvalue weighted by molar-refractivity contribution is 5.99. The summed E-state index contributed by atoms with van der Waals surface area (Å²) in [6.07, 6.45) is 1.88. The van der Waals surface area contributed by atoms with Crippen molar-refractivity contribution in [2.75, 3.05) is 23.7 Å². The number of carbonyl (C=O) groups excluding carboxylic acids is 1. The average molecular weight is 480 g/mol. The van der Waals surface area contributed by atoms with Gasteiger partial charge in [-0.2, -0.15) is 0 Å². The van der Waals surface area contributed by atoms with Crippen LogP contribution in [0.1, 0.15) is 79.9 Å². The number of anilines is 3. The van der Waals surface area contributed by atoms with E-state index in [0.29, 0.717) is 24.8 Å². The molecule has 1 aliphatic heterocycles. The van der Waals surface area contributed by atoms with Crippen LogP contribution in [0.15, 0.2) is 38.3 Å². The van der Waals surface area contributed by atoms with Gasteiger partial charge in [0, 0.05) is 13.1 Å². The van der Waals surface area contributed by atoms with Crippen molar-refractivity contribution in [1.29, 1.82) is 0 Å². The predicted molar refractivity (Wildman–Crippen MR) is 137 cm³/mol. The molecule has 0 radical (unpaired) electrons. The first kappa shape index (κ1) is 24.6. The van der Waals surface area contributed by atoms with Crippen LogP contribution in [0.3, 0.4) is 0 Å². The van der Waals surface area contributed by atoms with Gasteiger partial charge in [-0.25, -0.2) is 0 Å². The Labute approximate surface area is 204 Å². The Morgan fingerprint density at radius 3 is 2.31 bits per heavy atom. The van der Waals surface area contributed by atoms with Crippen LogP contribution >= 0.6 is 0 Å². The number of nitrogens with zero attached hydrogens (tertiary/aromatic N) is 1. The van der Waals surface area contributed by atoms with Gasteiger partial charge in [0.05, 0.1) is 17.3 Å². The Morgan fingerprint density at radius 2 is 1.71 bits per heavy atom. The minimum atomic E-state index is -0.677. The van der Waals surface area contributed by atoms with Crippen LogP contribution in [-0.2, 0) is 0 Å². The molecule has 1 aliphatic rings. The molecule has 3 N–H and O–H groups in total. The third-order valence-corrected chi connectivity index (χ3v) is 6.70. The van der Waals surface area contributed by atoms with E-state index in [9.17, 15) is 19.5 Å². The zero-order chi connectivity index (χ0) is 25.4. The summed E-state index contributed by atoms with van der Waals surface area (Å²) in [6.45, 7) is 11.4. The van der Waals surface area contributed by atoms with Crippen molar-refractivity contribution in [3.8, 4) is 5.75 Å². The first-order chi connectivity index (χ1) is 16.6. The molecule has 2 heterocycles. The molecule has 0 bridgehead atoms. The summed E-state index contributed by atoms with van der Waals surface area (Å²) in [4.78, 5) is 39.5. The minimum Gasteiger partial charge on any atom is -0.505 e. The molecule has 3 aromatic rings. The molecule has 0 saturated carbocycles. The van der Waals surface area contributed by atoms with E-state index < -0.39 is 10.9 Å². The molecule has 1 saturated heterocycles. The smallest absolute Gasteiger partial charge is 0.257 e. The molecule has 2 aromatic carbocycles. The summed E-state index contributed by atoms with van der Waals surface area (Å²) >= 11 is 0. The molecular weight excluding hydrogens is 446 g/mol. The van der Waals surface area contributed by atoms with E-state index in [4.69, 9.17) is 4.42 Å². The van der Waals surface area contributed by atoms with E-state index in [1.807, 2.05) is 26.8 Å². The van der Waals surface area contributed by atoms with Gasteiger partial charge in [0.25, 0.3) is 16.8 Å². The van der Waals surface area contributed by atoms with Crippen molar-refractivity contribution in [3.63, 3.8) is 0 Å². The molecule has 0 spiro atoms. The van der Waals surface area contributed by atoms with Gasteiger partial charge < -0.3 is 25.1 Å². The standard InChI is InChI=1S/C27H33N3O5/c1-14(2)18-13-20(35-16(18)5)21(15(3)4)29-23-22(25(32)26(23)33)28-19-10-8-9-17(24(19)31)27(34)30-11-6-7-12-30/h8-10,13-15,21,28-29,31H,6-7,11-12H2,1-5H3/t21-/m1/s1. The van der Waals surface area contributed by atoms with E-state index in [0.717, 1.165) is 24.2 Å². The number of phenolic OH excluding ortho intramolecular Hbond substituents is 1. The fourth-order valence-corrected chi connectivity index (χ4v) is 4.66. The lowest BCUT2D eigenvalue weighted by atomic mass is 9.98. The fourth-order valence-electron chi connectivity index (χ4n) is 4.66. The predicted octanol–water partition coefficient (Wildman–Crippen LogP) is 4.80. The molecule has 35 heavy (non-hydrogen) atoms. The third-order valence-electron chi connectivity index (χ3n) is 6.70. The van der Waals surface area contributed by atoms with E-state index in [-0.39, 0.29) is 46.2 Å². The molecule has 8 nitrogen and oxygen atoms in total. The number of amides is 1. The number of rotatable bonds is 8. The Hall–Kier alpha value is -3.55. The van der Waals surface area contributed by atoms with Crippen LogP contribution in [0.25, 0.3) is 0 Å². The lowest BCUT2D eigenvalue weighted by Crippen LogP contribution is -2.38. The summed E-state index contributed by atoms with van der Waals surface area (Å²) < 4.78 is 6.01. The van der Waals surface area contributed by atoms with E-state index in [1.54, 1.807) is 23.1 Å². The number of para-hydroxylation sites is 1. The summed E-state index contributed by atoms with van der Waals surface area (Å²) in [6, 6.07) is 6.43. The van der Waals surface area contributed by atoms with Crippen molar-refractivity contribution in [2.45, 2.75) is 59.4 Å². The maximum absolute atomic E-state index is 12.8. The highest BCUT2D eigenvalue weighted by atomic mass is 16.3. The molecule has 186 valence electrons. The third kappa shape index (κ3) is 4.57. The number of aromatic hydroxyl groups is 1. The largest absolute Gasteiger partial charge is 0.505 e. The number of likely N-dealkylation sites (tertiary alicyclic amines) is 1. The summed E-state index contributed by atoms with van der Waals surface area (Å²) in [5.41, 5.74) is 0.358. The van der Waals surface area contributed by atoms with Gasteiger partial charge >= 0.3 is 0 Å². The maximum Gasteiger partial charge on any atom is 0.257 e. The van der Waals surface area contributed by atoms with Crippen molar-refractivity contribution >= 4 is 23.0 Å². The Morgan fingerprint density at radius 1 is 1.06 bits per heavy atom. The average Bonchev–Trinajstić information content (AvgIpc) is 3.48. The zero-order valence-corrected chi connectivity index (χ0v) is 20.9. The van der Waals surface area contributed by atoms with E-state index >= 15 is 0 Å². The SMILES string of the molecule is Cc1oc([C@H](Nc2c(Nc3cccc(C(=O)N4CCCC4)c3O)c(=O)c2=O)C(C)C)cc1C(C)C. The highest BCUT2D eigenvalue weighted by Gasteiger charge is 2.29. The summed E-state index contributed by atoms with van der Waals surface area (Å²) in [7, 11) is 0. The van der Waals surface area contributed by atoms with Crippen LogP contribution in [-0.4, -0.2) is 29.0 Å². The summed E-state index contributed by atoms with van der Waals surface area (Å²) in [5.74, 6) is 1.39. The van der Waals surface area contributed by atoms with Crippen molar-refractivity contribution in [1.82, 2.24) is 4.90 Å². The number of nitrogens with one attached hydrogen (secondary N) is 2. The second-order valence-corrected chi connectivity index (χ2v) is 9.92. The first-order valence-corrected chi connectivity index (χ1v) is 12.2. The van der Waals surface area contributed by atoms with Crippen LogP contribution in [0.5, 0.6) is 5.75 Å². The number of hydrogen-bond acceptors (Lipinski definition) is 7. The van der Waals surface area contributed by atoms with Gasteiger partial charge in [-0.15, -0.1) is 0 Å². The normalized spacial score (nSPS) is 14.8. The maximum atomic E-state index is 12.8. The highest BCUT2D eigenvalue weighted by Crippen LogP contribution is 2.36. The Balaban J connectivity index is 1.62. The number of furan rings is 1. The van der Waals surface area contributed by atoms with Gasteiger partial charge in [0.15, 0.2) is 5.75 Å². The lowest BCUT2D eigenvalue weighted by molar-refractivity contribution is 0.0790. The molecule has 1 atom stereocenters. The number of phenols is 1. The molecule has 1 amide bonds. The molecular formula is C27H33N3O5. The fraction of sp³-hybridized carbons (Fsp3) is 0.444. The van der Waals surface area contributed by atoms with Crippen molar-refractivity contribution in [2.24, 2.45) is 5.92 Å². The Bertz CT molecular complexity index is 1310. The van der Waals surface area contributed by atoms with Crippen LogP contribution in [0, 0.1) is 12.8 Å². The number of aryl methyl sites for hydroxylation is 1. The zero-order valence-electron chi connectivity index (χ0n) is 20.9. The molecule has 0 aliphatic carbocycles. The molecule has 1 fully saturated rings. The number of carbonyl (C=O) groups is 1. The first-order valence-electron chi connectivity index (χ1n) is 12.2.